The smallest absolute Gasteiger partial charge is 0.276 e. The van der Waals surface area contributed by atoms with E-state index < -0.39 is 31.1 Å². The SMILES string of the molecule is CCNS(=O)(=O)NCCc1ccc(C2(O)CCC(C(C)CNS(=O)(=O)C(C)C)CC2)cc1. The van der Waals surface area contributed by atoms with E-state index in [9.17, 15) is 21.9 Å². The highest BCUT2D eigenvalue weighted by molar-refractivity contribution is 7.90. The first kappa shape index (κ1) is 27.2. The van der Waals surface area contributed by atoms with Crippen LogP contribution in [0.25, 0.3) is 0 Å². The molecule has 0 saturated heterocycles. The lowest BCUT2D eigenvalue weighted by Crippen LogP contribution is -2.38. The minimum Gasteiger partial charge on any atom is -0.385 e. The van der Waals surface area contributed by atoms with Crippen LogP contribution in [0.3, 0.4) is 0 Å². The molecule has 184 valence electrons. The first-order valence-corrected chi connectivity index (χ1v) is 14.5. The molecule has 0 radical (unpaired) electrons. The van der Waals surface area contributed by atoms with Gasteiger partial charge in [-0.05, 0) is 68.9 Å². The molecule has 0 aromatic heterocycles. The zero-order chi connectivity index (χ0) is 24.0. The Kier molecular flexibility index (Phi) is 9.69. The van der Waals surface area contributed by atoms with Gasteiger partial charge in [-0.2, -0.15) is 8.42 Å². The summed E-state index contributed by atoms with van der Waals surface area (Å²) in [6.45, 7) is 8.20. The molecule has 0 heterocycles. The Bertz CT molecular complexity index is 923. The third-order valence-electron chi connectivity index (χ3n) is 6.42. The standard InChI is InChI=1S/C22H39N3O5S2/c1-5-23-32(29,30)24-15-12-19-6-8-21(9-7-19)22(26)13-10-20(11-14-22)18(4)16-25-31(27,28)17(2)3/h6-9,17-18,20,23-26H,5,10-16H2,1-4H3. The van der Waals surface area contributed by atoms with Crippen molar-refractivity contribution in [1.29, 1.82) is 0 Å². The molecule has 1 atom stereocenters. The highest BCUT2D eigenvalue weighted by Gasteiger charge is 2.36. The summed E-state index contributed by atoms with van der Waals surface area (Å²) >= 11 is 0. The van der Waals surface area contributed by atoms with Crippen LogP contribution < -0.4 is 14.2 Å². The molecule has 1 aliphatic carbocycles. The first-order valence-electron chi connectivity index (χ1n) is 11.4. The van der Waals surface area contributed by atoms with Crippen LogP contribution in [0.5, 0.6) is 0 Å². The van der Waals surface area contributed by atoms with Crippen LogP contribution in [0.1, 0.15) is 64.5 Å². The molecule has 8 nitrogen and oxygen atoms in total. The molecule has 0 amide bonds. The van der Waals surface area contributed by atoms with Gasteiger partial charge in [-0.3, -0.25) is 0 Å². The predicted molar refractivity (Wildman–Crippen MR) is 128 cm³/mol. The Balaban J connectivity index is 1.86. The molecular formula is C22H39N3O5S2. The second-order valence-electron chi connectivity index (χ2n) is 9.13. The minimum atomic E-state index is -3.44. The molecular weight excluding hydrogens is 450 g/mol. The zero-order valence-electron chi connectivity index (χ0n) is 19.6. The summed E-state index contributed by atoms with van der Waals surface area (Å²) in [4.78, 5) is 0. The number of hydrogen-bond acceptors (Lipinski definition) is 5. The second kappa shape index (κ2) is 11.4. The van der Waals surface area contributed by atoms with Crippen LogP contribution in [0.15, 0.2) is 24.3 Å². The van der Waals surface area contributed by atoms with Crippen LogP contribution in [0.4, 0.5) is 0 Å². The van der Waals surface area contributed by atoms with Crippen LogP contribution >= 0.6 is 0 Å². The molecule has 10 heteroatoms. The Morgan fingerprint density at radius 3 is 2.12 bits per heavy atom. The fourth-order valence-corrected chi connectivity index (χ4v) is 5.79. The highest BCUT2D eigenvalue weighted by atomic mass is 32.2. The van der Waals surface area contributed by atoms with E-state index in [0.717, 1.165) is 24.0 Å². The fraction of sp³-hybridized carbons (Fsp3) is 0.727. The lowest BCUT2D eigenvalue weighted by molar-refractivity contribution is -0.0207. The monoisotopic (exact) mass is 489 g/mol. The third kappa shape index (κ3) is 7.78. The lowest BCUT2D eigenvalue weighted by Gasteiger charge is -2.38. The van der Waals surface area contributed by atoms with Gasteiger partial charge in [-0.15, -0.1) is 0 Å². The maximum Gasteiger partial charge on any atom is 0.276 e. The molecule has 0 aliphatic heterocycles. The zero-order valence-corrected chi connectivity index (χ0v) is 21.2. The van der Waals surface area contributed by atoms with Gasteiger partial charge in [0.2, 0.25) is 10.0 Å². The summed E-state index contributed by atoms with van der Waals surface area (Å²) in [5.41, 5.74) is 0.996. The van der Waals surface area contributed by atoms with Crippen molar-refractivity contribution in [2.24, 2.45) is 11.8 Å². The average Bonchev–Trinajstić information content (AvgIpc) is 2.73. The minimum absolute atomic E-state index is 0.210. The van der Waals surface area contributed by atoms with E-state index in [0.29, 0.717) is 44.8 Å². The van der Waals surface area contributed by atoms with Gasteiger partial charge < -0.3 is 5.11 Å². The third-order valence-corrected chi connectivity index (χ3v) is 9.48. The first-order chi connectivity index (χ1) is 14.9. The Morgan fingerprint density at radius 2 is 1.59 bits per heavy atom. The number of nitrogens with one attached hydrogen (secondary N) is 3. The van der Waals surface area contributed by atoms with E-state index in [1.165, 1.54) is 0 Å². The summed E-state index contributed by atoms with van der Waals surface area (Å²) in [5, 5.41) is 10.8. The van der Waals surface area contributed by atoms with Gasteiger partial charge in [0.1, 0.15) is 0 Å². The van der Waals surface area contributed by atoms with Crippen LogP contribution in [0.2, 0.25) is 0 Å². The summed E-state index contributed by atoms with van der Waals surface area (Å²) in [5.74, 6) is 0.579. The van der Waals surface area contributed by atoms with Crippen molar-refractivity contribution < 1.29 is 21.9 Å². The topological polar surface area (TPSA) is 125 Å². The maximum absolute atomic E-state index is 12.0. The number of benzene rings is 1. The van der Waals surface area contributed by atoms with Crippen molar-refractivity contribution in [1.82, 2.24) is 14.2 Å². The van der Waals surface area contributed by atoms with E-state index in [4.69, 9.17) is 0 Å². The summed E-state index contributed by atoms with van der Waals surface area (Å²) in [6.07, 6.45) is 3.53. The molecule has 2 rings (SSSR count). The quantitative estimate of drug-likeness (QED) is 0.357. The highest BCUT2D eigenvalue weighted by Crippen LogP contribution is 2.41. The van der Waals surface area contributed by atoms with Crippen LogP contribution in [0, 0.1) is 11.8 Å². The number of hydrogen-bond donors (Lipinski definition) is 4. The molecule has 1 saturated carbocycles. The van der Waals surface area contributed by atoms with Gasteiger partial charge in [0, 0.05) is 19.6 Å². The van der Waals surface area contributed by atoms with Crippen molar-refractivity contribution in [3.8, 4) is 0 Å². The summed E-state index contributed by atoms with van der Waals surface area (Å²) in [7, 11) is -6.70. The number of sulfonamides is 1. The van der Waals surface area contributed by atoms with Crippen molar-refractivity contribution in [2.45, 2.75) is 70.7 Å². The van der Waals surface area contributed by atoms with Gasteiger partial charge in [0.15, 0.2) is 0 Å². The molecule has 32 heavy (non-hydrogen) atoms. The average molecular weight is 490 g/mol. The van der Waals surface area contributed by atoms with Crippen molar-refractivity contribution in [3.05, 3.63) is 35.4 Å². The van der Waals surface area contributed by atoms with Crippen molar-refractivity contribution in [3.63, 3.8) is 0 Å². The molecule has 0 spiro atoms. The van der Waals surface area contributed by atoms with Crippen LogP contribution in [-0.2, 0) is 32.3 Å². The fourth-order valence-electron chi connectivity index (χ4n) is 4.11. The second-order valence-corrected chi connectivity index (χ2v) is 13.0. The van der Waals surface area contributed by atoms with E-state index in [1.54, 1.807) is 20.8 Å². The van der Waals surface area contributed by atoms with Gasteiger partial charge in [0.25, 0.3) is 10.2 Å². The molecule has 1 aromatic rings. The molecule has 1 fully saturated rings. The van der Waals surface area contributed by atoms with Crippen molar-refractivity contribution >= 4 is 20.2 Å². The molecule has 4 N–H and O–H groups in total. The summed E-state index contributed by atoms with van der Waals surface area (Å²) < 4.78 is 54.8. The van der Waals surface area contributed by atoms with E-state index in [2.05, 4.69) is 21.1 Å². The molecule has 1 unspecified atom stereocenters. The lowest BCUT2D eigenvalue weighted by atomic mass is 9.71. The van der Waals surface area contributed by atoms with Crippen LogP contribution in [-0.4, -0.2) is 46.8 Å². The van der Waals surface area contributed by atoms with E-state index >= 15 is 0 Å². The predicted octanol–water partition coefficient (Wildman–Crippen LogP) is 2.01. The largest absolute Gasteiger partial charge is 0.385 e. The maximum atomic E-state index is 12.0. The van der Waals surface area contributed by atoms with Gasteiger partial charge in [-0.25, -0.2) is 22.6 Å². The summed E-state index contributed by atoms with van der Waals surface area (Å²) in [6, 6.07) is 7.72. The number of rotatable bonds is 12. The van der Waals surface area contributed by atoms with Gasteiger partial charge in [-0.1, -0.05) is 38.1 Å². The van der Waals surface area contributed by atoms with E-state index in [-0.39, 0.29) is 5.92 Å². The molecule has 1 aromatic carbocycles. The number of aliphatic hydroxyl groups is 1. The normalized spacial score (nSPS) is 23.4. The Labute approximate surface area is 193 Å². The Morgan fingerprint density at radius 1 is 1.00 bits per heavy atom. The molecule has 0 bridgehead atoms. The van der Waals surface area contributed by atoms with E-state index in [1.807, 2.05) is 24.3 Å². The Hall–Kier alpha value is -1.04. The molecule has 1 aliphatic rings. The van der Waals surface area contributed by atoms with Gasteiger partial charge >= 0.3 is 0 Å². The van der Waals surface area contributed by atoms with Gasteiger partial charge in [0.05, 0.1) is 10.9 Å². The van der Waals surface area contributed by atoms with Crippen molar-refractivity contribution in [2.75, 3.05) is 19.6 Å².